The zero-order chi connectivity index (χ0) is 15.5. The summed E-state index contributed by atoms with van der Waals surface area (Å²) in [6.45, 7) is 4.76. The summed E-state index contributed by atoms with van der Waals surface area (Å²) in [5.41, 5.74) is 3.55. The summed E-state index contributed by atoms with van der Waals surface area (Å²) < 4.78 is 5.67. The van der Waals surface area contributed by atoms with Crippen molar-refractivity contribution in [1.82, 2.24) is 10.3 Å². The number of benzene rings is 1. The first-order valence-corrected chi connectivity index (χ1v) is 8.04. The molecule has 0 bridgehead atoms. The second-order valence-corrected chi connectivity index (χ2v) is 6.28. The lowest BCUT2D eigenvalue weighted by Crippen LogP contribution is -2.27. The van der Waals surface area contributed by atoms with Gasteiger partial charge in [-0.1, -0.05) is 18.2 Å². The maximum absolute atomic E-state index is 5.67. The third-order valence-electron chi connectivity index (χ3n) is 4.24. The highest BCUT2D eigenvalue weighted by atomic mass is 16.5. The number of ether oxygens (including phenoxy) is 1. The molecule has 22 heavy (non-hydrogen) atoms. The molecular formula is C18H25N3O. The van der Waals surface area contributed by atoms with Crippen molar-refractivity contribution in [1.29, 1.82) is 0 Å². The molecule has 0 unspecified atom stereocenters. The van der Waals surface area contributed by atoms with E-state index in [-0.39, 0.29) is 0 Å². The topological polar surface area (TPSA) is 37.4 Å². The Hall–Kier alpha value is -1.65. The molecule has 0 saturated carbocycles. The second-order valence-electron chi connectivity index (χ2n) is 6.28. The van der Waals surface area contributed by atoms with Crippen LogP contribution in [0.25, 0.3) is 10.9 Å². The van der Waals surface area contributed by atoms with E-state index in [0.29, 0.717) is 6.10 Å². The number of hydrogen-bond donors (Lipinski definition) is 1. The molecule has 0 spiro atoms. The van der Waals surface area contributed by atoms with Gasteiger partial charge in [0, 0.05) is 44.7 Å². The van der Waals surface area contributed by atoms with Crippen LogP contribution in [0.1, 0.15) is 24.0 Å². The summed E-state index contributed by atoms with van der Waals surface area (Å²) in [4.78, 5) is 6.97. The minimum absolute atomic E-state index is 0.374. The Morgan fingerprint density at radius 1 is 1.36 bits per heavy atom. The van der Waals surface area contributed by atoms with Gasteiger partial charge >= 0.3 is 0 Å². The molecule has 1 fully saturated rings. The number of rotatable bonds is 5. The number of nitrogens with one attached hydrogen (secondary N) is 1. The maximum Gasteiger partial charge on any atom is 0.133 e. The summed E-state index contributed by atoms with van der Waals surface area (Å²) in [5, 5.41) is 4.73. The normalized spacial score (nSPS) is 18.0. The molecule has 2 heterocycles. The van der Waals surface area contributed by atoms with Crippen molar-refractivity contribution in [3.05, 3.63) is 35.4 Å². The fraction of sp³-hybridized carbons (Fsp3) is 0.500. The Labute approximate surface area is 132 Å². The maximum atomic E-state index is 5.67. The van der Waals surface area contributed by atoms with E-state index in [1.165, 1.54) is 29.4 Å². The number of pyridine rings is 1. The summed E-state index contributed by atoms with van der Waals surface area (Å²) in [5.74, 6) is 1.04. The van der Waals surface area contributed by atoms with E-state index in [4.69, 9.17) is 9.72 Å². The lowest BCUT2D eigenvalue weighted by Gasteiger charge is -2.19. The fourth-order valence-corrected chi connectivity index (χ4v) is 3.07. The van der Waals surface area contributed by atoms with Crippen LogP contribution in [0.15, 0.2) is 24.3 Å². The average Bonchev–Trinajstić information content (AvgIpc) is 3.00. The zero-order valence-corrected chi connectivity index (χ0v) is 13.7. The fourth-order valence-electron chi connectivity index (χ4n) is 3.07. The first-order valence-electron chi connectivity index (χ1n) is 8.04. The van der Waals surface area contributed by atoms with E-state index < -0.39 is 0 Å². The van der Waals surface area contributed by atoms with Gasteiger partial charge in [-0.25, -0.2) is 4.98 Å². The molecule has 0 aliphatic carbocycles. The highest BCUT2D eigenvalue weighted by Gasteiger charge is 2.15. The third-order valence-corrected chi connectivity index (χ3v) is 4.24. The SMILES string of the molecule is Cc1cccc2cc(CNC[C@@H]3CCCO3)c(N(C)C)nc12. The number of fused-ring (bicyclic) bond motifs is 1. The number of para-hydroxylation sites is 1. The highest BCUT2D eigenvalue weighted by molar-refractivity contribution is 5.84. The molecule has 118 valence electrons. The van der Waals surface area contributed by atoms with Crippen molar-refractivity contribution in [3.63, 3.8) is 0 Å². The van der Waals surface area contributed by atoms with Crippen LogP contribution in [-0.2, 0) is 11.3 Å². The lowest BCUT2D eigenvalue weighted by atomic mass is 10.1. The van der Waals surface area contributed by atoms with Gasteiger partial charge in [0.05, 0.1) is 11.6 Å². The molecule has 0 radical (unpaired) electrons. The molecule has 1 N–H and O–H groups in total. The Balaban J connectivity index is 1.81. The predicted octanol–water partition coefficient (Wildman–Crippen LogP) is 2.88. The van der Waals surface area contributed by atoms with Crippen LogP contribution in [0.2, 0.25) is 0 Å². The summed E-state index contributed by atoms with van der Waals surface area (Å²) in [6.07, 6.45) is 2.73. The molecule has 1 aromatic heterocycles. The number of hydrogen-bond acceptors (Lipinski definition) is 4. The van der Waals surface area contributed by atoms with Gasteiger partial charge in [0.25, 0.3) is 0 Å². The summed E-state index contributed by atoms with van der Waals surface area (Å²) >= 11 is 0. The molecule has 1 aliphatic rings. The lowest BCUT2D eigenvalue weighted by molar-refractivity contribution is 0.110. The van der Waals surface area contributed by atoms with Crippen LogP contribution in [0, 0.1) is 6.92 Å². The second kappa shape index (κ2) is 6.63. The standard InChI is InChI=1S/C18H25N3O/c1-13-6-4-7-14-10-15(18(21(2)3)20-17(13)14)11-19-12-16-8-5-9-22-16/h4,6-7,10,16,19H,5,8-9,11-12H2,1-3H3/t16-/m0/s1. The van der Waals surface area contributed by atoms with Crippen molar-refractivity contribution in [2.24, 2.45) is 0 Å². The minimum atomic E-state index is 0.374. The number of aromatic nitrogens is 1. The van der Waals surface area contributed by atoms with Crippen LogP contribution in [-0.4, -0.2) is 38.3 Å². The van der Waals surface area contributed by atoms with Gasteiger partial charge in [0.2, 0.25) is 0 Å². The van der Waals surface area contributed by atoms with E-state index in [1.54, 1.807) is 0 Å². The smallest absolute Gasteiger partial charge is 0.133 e. The van der Waals surface area contributed by atoms with E-state index >= 15 is 0 Å². The first kappa shape index (κ1) is 15.3. The van der Waals surface area contributed by atoms with Gasteiger partial charge in [-0.05, 0) is 31.4 Å². The van der Waals surface area contributed by atoms with Crippen LogP contribution in [0.5, 0.6) is 0 Å². The van der Waals surface area contributed by atoms with Crippen molar-refractivity contribution in [2.45, 2.75) is 32.4 Å². The van der Waals surface area contributed by atoms with Crippen molar-refractivity contribution in [2.75, 3.05) is 32.1 Å². The van der Waals surface area contributed by atoms with Crippen molar-refractivity contribution < 1.29 is 4.74 Å². The number of nitrogens with zero attached hydrogens (tertiary/aromatic N) is 2. The molecule has 2 aromatic rings. The molecule has 1 aliphatic heterocycles. The van der Waals surface area contributed by atoms with Gasteiger partial charge in [-0.15, -0.1) is 0 Å². The summed E-state index contributed by atoms with van der Waals surface area (Å²) in [7, 11) is 4.10. The average molecular weight is 299 g/mol. The van der Waals surface area contributed by atoms with Gasteiger partial charge in [0.1, 0.15) is 5.82 Å². The van der Waals surface area contributed by atoms with Crippen LogP contribution in [0.3, 0.4) is 0 Å². The molecule has 4 heteroatoms. The van der Waals surface area contributed by atoms with Crippen LogP contribution < -0.4 is 10.2 Å². The van der Waals surface area contributed by atoms with E-state index in [1.807, 2.05) is 0 Å². The van der Waals surface area contributed by atoms with Gasteiger partial charge in [-0.3, -0.25) is 0 Å². The van der Waals surface area contributed by atoms with E-state index in [2.05, 4.69) is 55.5 Å². The monoisotopic (exact) mass is 299 g/mol. The molecule has 1 saturated heterocycles. The summed E-state index contributed by atoms with van der Waals surface area (Å²) in [6, 6.07) is 8.61. The quantitative estimate of drug-likeness (QED) is 0.921. The molecule has 1 atom stereocenters. The molecule has 1 aromatic carbocycles. The van der Waals surface area contributed by atoms with Crippen LogP contribution in [0.4, 0.5) is 5.82 Å². The Kier molecular flexibility index (Phi) is 4.60. The van der Waals surface area contributed by atoms with Crippen molar-refractivity contribution in [3.8, 4) is 0 Å². The number of aryl methyl sites for hydroxylation is 1. The first-order chi connectivity index (χ1) is 10.6. The molecule has 4 nitrogen and oxygen atoms in total. The van der Waals surface area contributed by atoms with E-state index in [9.17, 15) is 0 Å². The third kappa shape index (κ3) is 3.23. The molecule has 3 rings (SSSR count). The van der Waals surface area contributed by atoms with Gasteiger partial charge in [0.15, 0.2) is 0 Å². The van der Waals surface area contributed by atoms with Gasteiger partial charge < -0.3 is 15.0 Å². The van der Waals surface area contributed by atoms with Crippen LogP contribution >= 0.6 is 0 Å². The minimum Gasteiger partial charge on any atom is -0.377 e. The number of anilines is 1. The zero-order valence-electron chi connectivity index (χ0n) is 13.7. The Morgan fingerprint density at radius 2 is 2.23 bits per heavy atom. The Bertz CT molecular complexity index is 648. The van der Waals surface area contributed by atoms with E-state index in [0.717, 1.165) is 31.0 Å². The Morgan fingerprint density at radius 3 is 2.95 bits per heavy atom. The van der Waals surface area contributed by atoms with Gasteiger partial charge in [-0.2, -0.15) is 0 Å². The van der Waals surface area contributed by atoms with Crippen molar-refractivity contribution >= 4 is 16.7 Å². The molecule has 0 amide bonds. The molecular weight excluding hydrogens is 274 g/mol. The largest absolute Gasteiger partial charge is 0.377 e. The highest BCUT2D eigenvalue weighted by Crippen LogP contribution is 2.24. The predicted molar refractivity (Wildman–Crippen MR) is 91.5 cm³/mol.